The Hall–Kier alpha value is -1.81. The molecule has 25 heavy (non-hydrogen) atoms. The molecule has 0 saturated heterocycles. The summed E-state index contributed by atoms with van der Waals surface area (Å²) < 4.78 is 5.94. The van der Waals surface area contributed by atoms with Gasteiger partial charge in [0, 0.05) is 17.5 Å². The molecule has 2 aliphatic rings. The summed E-state index contributed by atoms with van der Waals surface area (Å²) in [5, 5.41) is 17.9. The van der Waals surface area contributed by atoms with Crippen molar-refractivity contribution < 1.29 is 14.3 Å². The average molecular weight is 383 g/mol. The van der Waals surface area contributed by atoms with Gasteiger partial charge >= 0.3 is 12.0 Å². The lowest BCUT2D eigenvalue weighted by Gasteiger charge is -2.28. The monoisotopic (exact) mass is 383 g/mol. The zero-order valence-electron chi connectivity index (χ0n) is 14.1. The van der Waals surface area contributed by atoms with E-state index in [1.54, 1.807) is 6.92 Å². The molecule has 10 heteroatoms. The van der Waals surface area contributed by atoms with E-state index in [9.17, 15) is 9.59 Å². The summed E-state index contributed by atoms with van der Waals surface area (Å²) >= 11 is 2.93. The maximum atomic E-state index is 12.3. The fourth-order valence-electron chi connectivity index (χ4n) is 2.44. The van der Waals surface area contributed by atoms with Crippen molar-refractivity contribution in [2.24, 2.45) is 0 Å². The number of hydrogen-bond acceptors (Lipinski definition) is 8. The lowest BCUT2D eigenvalue weighted by Crippen LogP contribution is -2.50. The number of nitrogens with one attached hydrogen (secondary N) is 3. The Morgan fingerprint density at radius 3 is 2.88 bits per heavy atom. The molecule has 0 unspecified atom stereocenters. The average Bonchev–Trinajstić information content (AvgIpc) is 3.29. The van der Waals surface area contributed by atoms with Gasteiger partial charge in [-0.15, -0.1) is 10.2 Å². The minimum Gasteiger partial charge on any atom is -0.463 e. The van der Waals surface area contributed by atoms with Gasteiger partial charge in [0.15, 0.2) is 4.34 Å². The number of urea groups is 1. The number of carbonyl (C=O) groups is 2. The maximum absolute atomic E-state index is 12.3. The van der Waals surface area contributed by atoms with Crippen molar-refractivity contribution >= 4 is 40.2 Å². The fraction of sp³-hybridized carbons (Fsp3) is 0.600. The number of hydrogen-bond donors (Lipinski definition) is 3. The summed E-state index contributed by atoms with van der Waals surface area (Å²) in [6, 6.07) is -0.119. The number of rotatable bonds is 8. The lowest BCUT2D eigenvalue weighted by atomic mass is 10.0. The molecule has 3 N–H and O–H groups in total. The second kappa shape index (κ2) is 8.05. The molecule has 1 aromatic heterocycles. The summed E-state index contributed by atoms with van der Waals surface area (Å²) in [6.07, 6.45) is 2.97. The number of thioether (sulfide) groups is 1. The molecular formula is C15H21N5O3S2. The van der Waals surface area contributed by atoms with Crippen LogP contribution < -0.4 is 16.0 Å². The van der Waals surface area contributed by atoms with Crippen LogP contribution in [0.15, 0.2) is 15.6 Å². The van der Waals surface area contributed by atoms with E-state index in [1.165, 1.54) is 35.9 Å². The van der Waals surface area contributed by atoms with E-state index in [0.29, 0.717) is 36.1 Å². The van der Waals surface area contributed by atoms with Crippen LogP contribution in [0.4, 0.5) is 9.93 Å². The summed E-state index contributed by atoms with van der Waals surface area (Å²) in [4.78, 5) is 24.2. The van der Waals surface area contributed by atoms with Gasteiger partial charge in [0.1, 0.15) is 0 Å². The van der Waals surface area contributed by atoms with Crippen LogP contribution in [0.2, 0.25) is 0 Å². The zero-order chi connectivity index (χ0) is 17.8. The number of nitrogens with zero attached hydrogens (tertiary/aromatic N) is 2. The van der Waals surface area contributed by atoms with Gasteiger partial charge in [-0.25, -0.2) is 9.59 Å². The quantitative estimate of drug-likeness (QED) is 0.466. The largest absolute Gasteiger partial charge is 0.463 e. The first-order valence-electron chi connectivity index (χ1n) is 8.31. The molecule has 3 rings (SSSR count). The minimum atomic E-state index is -0.397. The van der Waals surface area contributed by atoms with Crippen LogP contribution in [0.3, 0.4) is 0 Å². The van der Waals surface area contributed by atoms with E-state index in [4.69, 9.17) is 4.74 Å². The van der Waals surface area contributed by atoms with Gasteiger partial charge in [-0.05, 0) is 26.2 Å². The fourth-order valence-corrected chi connectivity index (χ4v) is 4.24. The van der Waals surface area contributed by atoms with Crippen LogP contribution in [-0.2, 0) is 9.53 Å². The molecule has 2 heterocycles. The Kier molecular flexibility index (Phi) is 5.79. The highest BCUT2D eigenvalue weighted by Crippen LogP contribution is 2.31. The summed E-state index contributed by atoms with van der Waals surface area (Å²) in [7, 11) is 0. The van der Waals surface area contributed by atoms with E-state index in [2.05, 4.69) is 26.1 Å². The number of carbonyl (C=O) groups excluding carboxylic acids is 2. The molecule has 8 nitrogen and oxygen atoms in total. The molecule has 136 valence electrons. The molecule has 1 aliphatic carbocycles. The first kappa shape index (κ1) is 18.0. The van der Waals surface area contributed by atoms with Gasteiger partial charge in [-0.2, -0.15) is 0 Å². The SMILES string of the molecule is CCOC(=O)C1=C(CSc2nnc(NC3CC3)s2)NC(=O)N[C@@H]1CC. The Labute approximate surface area is 154 Å². The van der Waals surface area contributed by atoms with Crippen LogP contribution >= 0.6 is 23.1 Å². The number of ether oxygens (including phenoxy) is 1. The smallest absolute Gasteiger partial charge is 0.337 e. The molecule has 2 amide bonds. The normalized spacial score (nSPS) is 20.1. The first-order valence-corrected chi connectivity index (χ1v) is 10.1. The number of aromatic nitrogens is 2. The van der Waals surface area contributed by atoms with Crippen molar-refractivity contribution in [2.75, 3.05) is 17.7 Å². The van der Waals surface area contributed by atoms with Gasteiger partial charge in [0.05, 0.1) is 18.2 Å². The van der Waals surface area contributed by atoms with Gasteiger partial charge in [-0.3, -0.25) is 0 Å². The van der Waals surface area contributed by atoms with Gasteiger partial charge in [0.25, 0.3) is 0 Å². The molecular weight excluding hydrogens is 362 g/mol. The van der Waals surface area contributed by atoms with Crippen molar-refractivity contribution in [3.05, 3.63) is 11.3 Å². The molecule has 1 atom stereocenters. The molecule has 0 radical (unpaired) electrons. The molecule has 1 saturated carbocycles. The van der Waals surface area contributed by atoms with Crippen LogP contribution in [0, 0.1) is 0 Å². The molecule has 0 bridgehead atoms. The van der Waals surface area contributed by atoms with Gasteiger partial charge < -0.3 is 20.7 Å². The highest BCUT2D eigenvalue weighted by Gasteiger charge is 2.31. The molecule has 1 aromatic rings. The van der Waals surface area contributed by atoms with E-state index in [0.717, 1.165) is 9.47 Å². The second-order valence-corrected chi connectivity index (χ2v) is 7.95. The third kappa shape index (κ3) is 4.63. The Balaban J connectivity index is 1.72. The predicted molar refractivity (Wildman–Crippen MR) is 96.7 cm³/mol. The van der Waals surface area contributed by atoms with Crippen LogP contribution in [0.25, 0.3) is 0 Å². The van der Waals surface area contributed by atoms with Crippen LogP contribution in [-0.4, -0.2) is 46.6 Å². The van der Waals surface area contributed by atoms with Crippen molar-refractivity contribution in [1.29, 1.82) is 0 Å². The summed E-state index contributed by atoms with van der Waals surface area (Å²) in [6.45, 7) is 3.97. The Morgan fingerprint density at radius 1 is 1.40 bits per heavy atom. The van der Waals surface area contributed by atoms with Gasteiger partial charge in [0.2, 0.25) is 5.13 Å². The zero-order valence-corrected chi connectivity index (χ0v) is 15.8. The topological polar surface area (TPSA) is 105 Å². The third-order valence-electron chi connectivity index (χ3n) is 3.80. The van der Waals surface area contributed by atoms with E-state index in [-0.39, 0.29) is 12.1 Å². The van der Waals surface area contributed by atoms with Crippen LogP contribution in [0.1, 0.15) is 33.1 Å². The lowest BCUT2D eigenvalue weighted by molar-refractivity contribution is -0.139. The maximum Gasteiger partial charge on any atom is 0.337 e. The molecule has 1 aliphatic heterocycles. The minimum absolute atomic E-state index is 0.291. The van der Waals surface area contributed by atoms with Crippen LogP contribution in [0.5, 0.6) is 0 Å². The predicted octanol–water partition coefficient (Wildman–Crippen LogP) is 2.11. The first-order chi connectivity index (χ1) is 12.1. The molecule has 1 fully saturated rings. The van der Waals surface area contributed by atoms with E-state index in [1.807, 2.05) is 6.92 Å². The highest BCUT2D eigenvalue weighted by atomic mass is 32.2. The highest BCUT2D eigenvalue weighted by molar-refractivity contribution is 8.01. The molecule has 0 aromatic carbocycles. The van der Waals surface area contributed by atoms with Crippen molar-refractivity contribution in [3.8, 4) is 0 Å². The number of anilines is 1. The van der Waals surface area contributed by atoms with E-state index < -0.39 is 5.97 Å². The van der Waals surface area contributed by atoms with Crippen molar-refractivity contribution in [2.45, 2.75) is 49.5 Å². The summed E-state index contributed by atoms with van der Waals surface area (Å²) in [5.41, 5.74) is 1.06. The Morgan fingerprint density at radius 2 is 2.20 bits per heavy atom. The Bertz CT molecular complexity index is 686. The van der Waals surface area contributed by atoms with E-state index >= 15 is 0 Å². The van der Waals surface area contributed by atoms with Crippen molar-refractivity contribution in [1.82, 2.24) is 20.8 Å². The summed E-state index contributed by atoms with van der Waals surface area (Å²) in [5.74, 6) is 0.0293. The van der Waals surface area contributed by atoms with Gasteiger partial charge in [-0.1, -0.05) is 30.0 Å². The third-order valence-corrected chi connectivity index (χ3v) is 5.81. The van der Waals surface area contributed by atoms with Crippen molar-refractivity contribution in [3.63, 3.8) is 0 Å². The number of esters is 1. The number of amides is 2. The molecule has 0 spiro atoms. The standard InChI is InChI=1S/C15H21N5O3S2/c1-3-9-11(12(21)23-4-2)10(18-13(22)17-9)7-24-15-20-19-14(25-15)16-8-5-6-8/h8-9H,3-7H2,1-2H3,(H,16,19)(H2,17,18,22)/t9-/m1/s1. The second-order valence-electron chi connectivity index (χ2n) is 5.75.